The van der Waals surface area contributed by atoms with E-state index in [4.69, 9.17) is 4.74 Å². The molecule has 0 amide bonds. The van der Waals surface area contributed by atoms with Crippen molar-refractivity contribution in [1.82, 2.24) is 24.6 Å². The van der Waals surface area contributed by atoms with Gasteiger partial charge >= 0.3 is 0 Å². The van der Waals surface area contributed by atoms with Crippen LogP contribution in [0, 0.1) is 0 Å². The molecule has 0 unspecified atom stereocenters. The number of rotatable bonds is 5. The van der Waals surface area contributed by atoms with Crippen LogP contribution in [-0.4, -0.2) is 38.3 Å². The third-order valence-corrected chi connectivity index (χ3v) is 4.57. The van der Waals surface area contributed by atoms with Crippen LogP contribution in [0.5, 0.6) is 5.88 Å². The zero-order valence-electron chi connectivity index (χ0n) is 14.3. The SMILES string of the molecule is COc1cc2c(nn1)CCN(Cc1nccn1Cc1ccccc1)C2. The number of aromatic nitrogens is 4. The zero-order valence-corrected chi connectivity index (χ0v) is 14.3. The summed E-state index contributed by atoms with van der Waals surface area (Å²) in [5, 5.41) is 8.34. The highest BCUT2D eigenvalue weighted by molar-refractivity contribution is 5.26. The van der Waals surface area contributed by atoms with Gasteiger partial charge in [0.2, 0.25) is 5.88 Å². The second-order valence-electron chi connectivity index (χ2n) is 6.28. The molecule has 1 aliphatic heterocycles. The summed E-state index contributed by atoms with van der Waals surface area (Å²) in [5.74, 6) is 1.66. The first-order chi connectivity index (χ1) is 12.3. The van der Waals surface area contributed by atoms with Gasteiger partial charge in [0.05, 0.1) is 19.3 Å². The van der Waals surface area contributed by atoms with Gasteiger partial charge in [-0.2, -0.15) is 5.10 Å². The number of benzene rings is 1. The maximum absolute atomic E-state index is 5.20. The monoisotopic (exact) mass is 335 g/mol. The predicted molar refractivity (Wildman–Crippen MR) is 94.2 cm³/mol. The van der Waals surface area contributed by atoms with Crippen molar-refractivity contribution in [3.8, 4) is 5.88 Å². The number of imidazole rings is 1. The lowest BCUT2D eigenvalue weighted by atomic mass is 10.1. The lowest BCUT2D eigenvalue weighted by Gasteiger charge is -2.27. The Bertz CT molecular complexity index is 846. The molecule has 6 heteroatoms. The molecule has 128 valence electrons. The summed E-state index contributed by atoms with van der Waals surface area (Å²) in [5.41, 5.74) is 3.55. The highest BCUT2D eigenvalue weighted by atomic mass is 16.5. The average Bonchev–Trinajstić information content (AvgIpc) is 3.08. The van der Waals surface area contributed by atoms with Gasteiger partial charge < -0.3 is 9.30 Å². The van der Waals surface area contributed by atoms with Crippen LogP contribution < -0.4 is 4.74 Å². The molecule has 1 aromatic carbocycles. The molecule has 3 heterocycles. The normalized spacial score (nSPS) is 14.3. The highest BCUT2D eigenvalue weighted by Crippen LogP contribution is 2.21. The molecule has 3 aromatic rings. The molecule has 1 aliphatic rings. The topological polar surface area (TPSA) is 56.1 Å². The number of hydrogen-bond donors (Lipinski definition) is 0. The van der Waals surface area contributed by atoms with Gasteiger partial charge in [-0.25, -0.2) is 4.98 Å². The fraction of sp³-hybridized carbons (Fsp3) is 0.316. The summed E-state index contributed by atoms with van der Waals surface area (Å²) in [6.45, 7) is 3.48. The summed E-state index contributed by atoms with van der Waals surface area (Å²) in [4.78, 5) is 6.96. The Balaban J connectivity index is 1.47. The first kappa shape index (κ1) is 15.8. The van der Waals surface area contributed by atoms with Crippen LogP contribution in [0.25, 0.3) is 0 Å². The van der Waals surface area contributed by atoms with Crippen molar-refractivity contribution in [2.45, 2.75) is 26.1 Å². The van der Waals surface area contributed by atoms with E-state index < -0.39 is 0 Å². The molecule has 0 spiro atoms. The van der Waals surface area contributed by atoms with Crippen molar-refractivity contribution in [1.29, 1.82) is 0 Å². The maximum Gasteiger partial charge on any atom is 0.233 e. The fourth-order valence-electron chi connectivity index (χ4n) is 3.22. The van der Waals surface area contributed by atoms with Gasteiger partial charge in [0.1, 0.15) is 5.82 Å². The quantitative estimate of drug-likeness (QED) is 0.716. The van der Waals surface area contributed by atoms with Crippen LogP contribution >= 0.6 is 0 Å². The van der Waals surface area contributed by atoms with Gasteiger partial charge in [0.15, 0.2) is 0 Å². The minimum atomic E-state index is 0.575. The summed E-state index contributed by atoms with van der Waals surface area (Å²) in [7, 11) is 1.62. The van der Waals surface area contributed by atoms with E-state index in [0.717, 1.165) is 44.1 Å². The van der Waals surface area contributed by atoms with Gasteiger partial charge in [-0.15, -0.1) is 5.10 Å². The summed E-state index contributed by atoms with van der Waals surface area (Å²) in [6, 6.07) is 12.5. The largest absolute Gasteiger partial charge is 0.480 e. The molecule has 0 saturated carbocycles. The lowest BCUT2D eigenvalue weighted by Crippen LogP contribution is -2.32. The molecular weight excluding hydrogens is 314 g/mol. The second kappa shape index (κ2) is 7.03. The van der Waals surface area contributed by atoms with E-state index in [0.29, 0.717) is 5.88 Å². The molecule has 0 fully saturated rings. The van der Waals surface area contributed by atoms with E-state index in [-0.39, 0.29) is 0 Å². The van der Waals surface area contributed by atoms with E-state index in [1.807, 2.05) is 18.3 Å². The second-order valence-corrected chi connectivity index (χ2v) is 6.28. The van der Waals surface area contributed by atoms with Crippen molar-refractivity contribution in [3.63, 3.8) is 0 Å². The van der Waals surface area contributed by atoms with Gasteiger partial charge in [-0.3, -0.25) is 4.90 Å². The van der Waals surface area contributed by atoms with Crippen LogP contribution in [0.2, 0.25) is 0 Å². The Morgan fingerprint density at radius 2 is 2.00 bits per heavy atom. The van der Waals surface area contributed by atoms with Crippen LogP contribution in [0.4, 0.5) is 0 Å². The standard InChI is InChI=1S/C19H21N5O/c1-25-19-11-16-13-23(9-7-17(16)21-22-19)14-18-20-8-10-24(18)12-15-5-3-2-4-6-15/h2-6,8,10-11H,7,9,12-14H2,1H3. The molecule has 4 rings (SSSR count). The van der Waals surface area contributed by atoms with Crippen LogP contribution in [0.1, 0.15) is 22.6 Å². The van der Waals surface area contributed by atoms with Crippen molar-refractivity contribution in [2.24, 2.45) is 0 Å². The first-order valence-corrected chi connectivity index (χ1v) is 8.47. The van der Waals surface area contributed by atoms with Crippen molar-refractivity contribution in [3.05, 3.63) is 71.4 Å². The minimum Gasteiger partial charge on any atom is -0.480 e. The van der Waals surface area contributed by atoms with E-state index in [2.05, 4.69) is 55.1 Å². The molecule has 0 aliphatic carbocycles. The van der Waals surface area contributed by atoms with Gasteiger partial charge in [-0.1, -0.05) is 30.3 Å². The molecule has 0 saturated heterocycles. The lowest BCUT2D eigenvalue weighted by molar-refractivity contribution is 0.232. The first-order valence-electron chi connectivity index (χ1n) is 8.47. The summed E-state index contributed by atoms with van der Waals surface area (Å²) >= 11 is 0. The molecule has 0 atom stereocenters. The third kappa shape index (κ3) is 3.53. The molecule has 0 bridgehead atoms. The molecule has 6 nitrogen and oxygen atoms in total. The van der Waals surface area contributed by atoms with Gasteiger partial charge in [-0.05, 0) is 11.1 Å². The van der Waals surface area contributed by atoms with E-state index in [1.54, 1.807) is 7.11 Å². The fourth-order valence-corrected chi connectivity index (χ4v) is 3.22. The molecule has 0 N–H and O–H groups in total. The smallest absolute Gasteiger partial charge is 0.233 e. The number of hydrogen-bond acceptors (Lipinski definition) is 5. The molecule has 2 aromatic heterocycles. The van der Waals surface area contributed by atoms with E-state index >= 15 is 0 Å². The van der Waals surface area contributed by atoms with Gasteiger partial charge in [0.25, 0.3) is 0 Å². The van der Waals surface area contributed by atoms with Crippen LogP contribution in [0.3, 0.4) is 0 Å². The van der Waals surface area contributed by atoms with E-state index in [1.165, 1.54) is 11.1 Å². The van der Waals surface area contributed by atoms with E-state index in [9.17, 15) is 0 Å². The summed E-state index contributed by atoms with van der Waals surface area (Å²) in [6.07, 6.45) is 4.84. The Morgan fingerprint density at radius 1 is 1.12 bits per heavy atom. The van der Waals surface area contributed by atoms with Crippen molar-refractivity contribution in [2.75, 3.05) is 13.7 Å². The Morgan fingerprint density at radius 3 is 2.84 bits per heavy atom. The molecule has 0 radical (unpaired) electrons. The Labute approximate surface area is 147 Å². The van der Waals surface area contributed by atoms with Crippen molar-refractivity contribution >= 4 is 0 Å². The summed E-state index contributed by atoms with van der Waals surface area (Å²) < 4.78 is 7.42. The Hall–Kier alpha value is -2.73. The Kier molecular flexibility index (Phi) is 4.43. The minimum absolute atomic E-state index is 0.575. The average molecular weight is 335 g/mol. The number of methoxy groups -OCH3 is 1. The molecular formula is C19H21N5O. The number of nitrogens with zero attached hydrogens (tertiary/aromatic N) is 5. The predicted octanol–water partition coefficient (Wildman–Crippen LogP) is 2.29. The van der Waals surface area contributed by atoms with Crippen LogP contribution in [-0.2, 0) is 26.1 Å². The van der Waals surface area contributed by atoms with Crippen molar-refractivity contribution < 1.29 is 4.74 Å². The third-order valence-electron chi connectivity index (χ3n) is 4.57. The molecule has 25 heavy (non-hydrogen) atoms. The zero-order chi connectivity index (χ0) is 17.1. The number of fused-ring (bicyclic) bond motifs is 1. The van der Waals surface area contributed by atoms with Crippen LogP contribution in [0.15, 0.2) is 48.8 Å². The number of ether oxygens (including phenoxy) is 1. The van der Waals surface area contributed by atoms with Gasteiger partial charge in [0, 0.05) is 44.5 Å². The maximum atomic E-state index is 5.20. The highest BCUT2D eigenvalue weighted by Gasteiger charge is 2.20.